The zero-order valence-electron chi connectivity index (χ0n) is 22.6. The highest BCUT2D eigenvalue weighted by molar-refractivity contribution is 9.12. The minimum absolute atomic E-state index is 0.0164. The molecule has 222 valence electrons. The lowest BCUT2D eigenvalue weighted by Gasteiger charge is -2.42. The lowest BCUT2D eigenvalue weighted by Crippen LogP contribution is -2.46. The number of hydrogen-bond acceptors (Lipinski definition) is 7. The minimum Gasteiger partial charge on any atom is -0.508 e. The number of fused-ring (bicyclic) bond motifs is 3. The van der Waals surface area contributed by atoms with Crippen molar-refractivity contribution < 1.29 is 37.5 Å². The summed E-state index contributed by atoms with van der Waals surface area (Å²) >= 11 is 9.35. The summed E-state index contributed by atoms with van der Waals surface area (Å²) in [6.07, 6.45) is -1.60. The number of ketones is 2. The Labute approximate surface area is 256 Å². The van der Waals surface area contributed by atoms with Crippen LogP contribution >= 0.6 is 27.5 Å². The van der Waals surface area contributed by atoms with Gasteiger partial charge in [0.05, 0.1) is 21.3 Å². The molecule has 1 aromatic carbocycles. The maximum atomic E-state index is 14.0. The van der Waals surface area contributed by atoms with E-state index in [0.29, 0.717) is 22.8 Å². The molecule has 1 fully saturated rings. The van der Waals surface area contributed by atoms with Crippen LogP contribution in [0.2, 0.25) is 5.02 Å². The zero-order chi connectivity index (χ0) is 31.1. The molecule has 1 aliphatic heterocycles. The molecule has 1 aromatic heterocycles. The highest BCUT2D eigenvalue weighted by Gasteiger charge is 2.57. The summed E-state index contributed by atoms with van der Waals surface area (Å²) in [5.74, 6) is -5.62. The van der Waals surface area contributed by atoms with Crippen molar-refractivity contribution >= 4 is 56.7 Å². The van der Waals surface area contributed by atoms with Crippen LogP contribution in [0.25, 0.3) is 0 Å². The van der Waals surface area contributed by atoms with Gasteiger partial charge in [-0.15, -0.1) is 0 Å². The van der Waals surface area contributed by atoms with Crippen molar-refractivity contribution in [1.29, 1.82) is 0 Å². The van der Waals surface area contributed by atoms with Gasteiger partial charge in [0.1, 0.15) is 11.4 Å². The Morgan fingerprint density at radius 1 is 1.09 bits per heavy atom. The summed E-state index contributed by atoms with van der Waals surface area (Å²) < 4.78 is 40.3. The Balaban J connectivity index is 1.43. The summed E-state index contributed by atoms with van der Waals surface area (Å²) in [4.78, 5) is 58.0. The van der Waals surface area contributed by atoms with Crippen LogP contribution in [0, 0.1) is 24.7 Å². The molecule has 6 rings (SSSR count). The van der Waals surface area contributed by atoms with Crippen LogP contribution in [-0.4, -0.2) is 45.5 Å². The molecule has 8 nitrogen and oxygen atoms in total. The number of phenols is 1. The third kappa shape index (κ3) is 4.53. The maximum absolute atomic E-state index is 14.0. The average Bonchev–Trinajstić information content (AvgIpc) is 3.21. The van der Waals surface area contributed by atoms with E-state index in [-0.39, 0.29) is 45.0 Å². The topological polar surface area (TPSA) is 108 Å². The maximum Gasteiger partial charge on any atom is 0.433 e. The van der Waals surface area contributed by atoms with Gasteiger partial charge in [-0.1, -0.05) is 35.4 Å². The van der Waals surface area contributed by atoms with Crippen molar-refractivity contribution in [2.45, 2.75) is 31.9 Å². The van der Waals surface area contributed by atoms with Gasteiger partial charge in [0.2, 0.25) is 0 Å². The van der Waals surface area contributed by atoms with Crippen LogP contribution in [0.3, 0.4) is 0 Å². The molecule has 0 radical (unpaired) electrons. The van der Waals surface area contributed by atoms with E-state index in [0.717, 1.165) is 16.1 Å². The fraction of sp³-hybridized carbons (Fsp3) is 0.300. The van der Waals surface area contributed by atoms with Crippen molar-refractivity contribution in [2.75, 3.05) is 12.1 Å². The Hall–Kier alpha value is -3.77. The van der Waals surface area contributed by atoms with Crippen molar-refractivity contribution in [3.63, 3.8) is 0 Å². The van der Waals surface area contributed by atoms with E-state index in [4.69, 9.17) is 11.6 Å². The Morgan fingerprint density at radius 2 is 1.81 bits per heavy atom. The second-order valence-electron chi connectivity index (χ2n) is 11.0. The largest absolute Gasteiger partial charge is 0.508 e. The third-order valence-corrected chi connectivity index (χ3v) is 9.47. The van der Waals surface area contributed by atoms with Crippen molar-refractivity contribution in [3.05, 3.63) is 85.5 Å². The highest BCUT2D eigenvalue weighted by Crippen LogP contribution is 2.55. The quantitative estimate of drug-likeness (QED) is 0.257. The summed E-state index contributed by atoms with van der Waals surface area (Å²) in [7, 11) is 1.24. The van der Waals surface area contributed by atoms with Crippen LogP contribution in [0.5, 0.6) is 5.75 Å². The molecule has 0 bridgehead atoms. The number of phenolic OH excluding ortho intramolecular Hbond substituents is 1. The predicted octanol–water partition coefficient (Wildman–Crippen LogP) is 5.58. The number of carbonyl (C=O) groups is 4. The van der Waals surface area contributed by atoms with Gasteiger partial charge in [-0.05, 0) is 70.9 Å². The number of rotatable bonds is 3. The molecule has 4 aliphatic rings. The Bertz CT molecular complexity index is 1750. The molecule has 0 unspecified atom stereocenters. The van der Waals surface area contributed by atoms with Gasteiger partial charge in [0, 0.05) is 30.2 Å². The number of benzene rings is 1. The number of aromatic hydroxyl groups is 1. The molecule has 2 amide bonds. The Morgan fingerprint density at radius 3 is 2.49 bits per heavy atom. The van der Waals surface area contributed by atoms with Crippen molar-refractivity contribution in [1.82, 2.24) is 9.99 Å². The molecule has 0 saturated carbocycles. The number of amides is 2. The second-order valence-corrected chi connectivity index (χ2v) is 12.2. The van der Waals surface area contributed by atoms with E-state index >= 15 is 0 Å². The first-order valence-electron chi connectivity index (χ1n) is 13.2. The van der Waals surface area contributed by atoms with E-state index in [1.165, 1.54) is 19.2 Å². The van der Waals surface area contributed by atoms with Crippen LogP contribution in [-0.2, 0) is 25.4 Å². The first-order valence-corrected chi connectivity index (χ1v) is 14.4. The number of nitrogens with zero attached hydrogens (tertiary/aromatic N) is 3. The fourth-order valence-corrected chi connectivity index (χ4v) is 7.31. The SMILES string of the molecule is Cc1cc([C@H]2C3=CC[C@@H]4C(=O)N(N(C)c5nc(C(F)(F)F)ccc5Cl)C(=O)[C@@H]4[C@@H]3CC3=C2C(=O)C=C(Br)C3=O)ccc1O. The van der Waals surface area contributed by atoms with Crippen molar-refractivity contribution in [2.24, 2.45) is 17.8 Å². The molecule has 4 atom stereocenters. The van der Waals surface area contributed by atoms with Crippen LogP contribution in [0.15, 0.2) is 63.7 Å². The number of hydrazine groups is 1. The normalized spacial score (nSPS) is 25.3. The number of aromatic nitrogens is 1. The molecular formula is C30H22BrClF3N3O5. The van der Waals surface area contributed by atoms with Gasteiger partial charge in [-0.25, -0.2) is 4.98 Å². The molecule has 0 spiro atoms. The molecule has 1 N–H and O–H groups in total. The third-order valence-electron chi connectivity index (χ3n) is 8.59. The molecule has 1 saturated heterocycles. The number of aryl methyl sites for hydroxylation is 1. The van der Waals surface area contributed by atoms with Crippen LogP contribution in [0.4, 0.5) is 19.0 Å². The van der Waals surface area contributed by atoms with E-state index in [2.05, 4.69) is 20.9 Å². The zero-order valence-corrected chi connectivity index (χ0v) is 24.9. The summed E-state index contributed by atoms with van der Waals surface area (Å²) in [5, 5.41) is 11.7. The van der Waals surface area contributed by atoms with Gasteiger partial charge in [-0.3, -0.25) is 24.2 Å². The number of pyridine rings is 1. The molecule has 43 heavy (non-hydrogen) atoms. The number of halogens is 5. The van der Waals surface area contributed by atoms with Gasteiger partial charge in [0.25, 0.3) is 11.8 Å². The van der Waals surface area contributed by atoms with E-state index in [1.54, 1.807) is 19.1 Å². The monoisotopic (exact) mass is 675 g/mol. The van der Waals surface area contributed by atoms with Gasteiger partial charge < -0.3 is 5.11 Å². The number of carbonyl (C=O) groups excluding carboxylic acids is 4. The minimum atomic E-state index is -4.78. The first kappa shape index (κ1) is 29.3. The summed E-state index contributed by atoms with van der Waals surface area (Å²) in [6.45, 7) is 1.70. The number of imide groups is 1. The van der Waals surface area contributed by atoms with Crippen LogP contribution < -0.4 is 5.01 Å². The lowest BCUT2D eigenvalue weighted by molar-refractivity contribution is -0.141. The highest BCUT2D eigenvalue weighted by atomic mass is 79.9. The summed E-state index contributed by atoms with van der Waals surface area (Å²) in [6, 6.07) is 6.57. The fourth-order valence-electron chi connectivity index (χ4n) is 6.63. The second kappa shape index (κ2) is 10.2. The first-order chi connectivity index (χ1) is 20.2. The van der Waals surface area contributed by atoms with E-state index < -0.39 is 59.0 Å². The van der Waals surface area contributed by atoms with Gasteiger partial charge in [-0.2, -0.15) is 18.2 Å². The molecule has 13 heteroatoms. The van der Waals surface area contributed by atoms with Gasteiger partial charge in [0.15, 0.2) is 17.4 Å². The van der Waals surface area contributed by atoms with E-state index in [9.17, 15) is 37.5 Å². The predicted molar refractivity (Wildman–Crippen MR) is 152 cm³/mol. The van der Waals surface area contributed by atoms with Crippen molar-refractivity contribution in [3.8, 4) is 5.75 Å². The lowest BCUT2D eigenvalue weighted by atomic mass is 9.59. The number of hydrogen-bond donors (Lipinski definition) is 1. The molecule has 2 aromatic rings. The van der Waals surface area contributed by atoms with Gasteiger partial charge >= 0.3 is 6.18 Å². The molecule has 3 aliphatic carbocycles. The average molecular weight is 677 g/mol. The Kier molecular flexibility index (Phi) is 6.92. The number of allylic oxidation sites excluding steroid dienone is 6. The van der Waals surface area contributed by atoms with Crippen LogP contribution in [0.1, 0.15) is 35.6 Å². The molecule has 2 heterocycles. The molecular weight excluding hydrogens is 655 g/mol. The number of anilines is 1. The number of alkyl halides is 3. The standard InChI is InChI=1S/C30H22BrClF3N3O5/c1-12-9-13(3-7-20(12)39)23-14-4-5-15-24(16(14)10-17-25(23)21(40)11-18(31)26(17)41)29(43)38(28(15)42)37(2)27-19(32)6-8-22(36-27)30(33,34)35/h3-4,6-9,11,15-16,23-24,39H,5,10H2,1-2H3/t15-,16+,23-,24-/m0/s1. The van der Waals surface area contributed by atoms with E-state index in [1.807, 2.05) is 6.08 Å². The summed E-state index contributed by atoms with van der Waals surface area (Å²) in [5.41, 5.74) is 1.15. The smallest absolute Gasteiger partial charge is 0.433 e. The number of Topliss-reactive ketones (excluding diaryl/α,β-unsaturated/α-hetero) is 1.